The number of methoxy groups -OCH3 is 1. The average molecular weight is 233 g/mol. The largest absolute Gasteiger partial charge is 0.464 e. The molecule has 0 radical (unpaired) electrons. The van der Waals surface area contributed by atoms with E-state index in [4.69, 9.17) is 4.74 Å². The molecule has 88 valence electrons. The number of nitrogens with zero attached hydrogens (tertiary/aromatic N) is 3. The van der Waals surface area contributed by atoms with Gasteiger partial charge in [0.15, 0.2) is 0 Å². The molecule has 6 nitrogen and oxygen atoms in total. The number of carbonyl (C=O) groups is 1. The number of rotatable bonds is 2. The van der Waals surface area contributed by atoms with Crippen molar-refractivity contribution >= 4 is 17.0 Å². The van der Waals surface area contributed by atoms with Crippen molar-refractivity contribution < 1.29 is 14.3 Å². The highest BCUT2D eigenvalue weighted by Gasteiger charge is 2.23. The van der Waals surface area contributed by atoms with Gasteiger partial charge in [0.1, 0.15) is 11.2 Å². The molecule has 0 amide bonds. The van der Waals surface area contributed by atoms with E-state index in [1.807, 2.05) is 10.7 Å². The van der Waals surface area contributed by atoms with Crippen LogP contribution in [0.5, 0.6) is 0 Å². The van der Waals surface area contributed by atoms with E-state index in [1.54, 1.807) is 12.3 Å². The summed E-state index contributed by atoms with van der Waals surface area (Å²) in [5.74, 6) is -0.438. The number of hydrogen-bond acceptors (Lipinski definition) is 5. The Balaban J connectivity index is 2.04. The molecule has 3 heterocycles. The van der Waals surface area contributed by atoms with E-state index in [0.717, 1.165) is 5.52 Å². The first-order valence-corrected chi connectivity index (χ1v) is 5.30. The fourth-order valence-electron chi connectivity index (χ4n) is 1.81. The van der Waals surface area contributed by atoms with Gasteiger partial charge >= 0.3 is 5.97 Å². The molecule has 6 heteroatoms. The molecule has 1 fully saturated rings. The van der Waals surface area contributed by atoms with Gasteiger partial charge in [-0.1, -0.05) is 0 Å². The summed E-state index contributed by atoms with van der Waals surface area (Å²) in [6.45, 7) is 1.35. The quantitative estimate of drug-likeness (QED) is 0.717. The maximum absolute atomic E-state index is 11.3. The molecule has 17 heavy (non-hydrogen) atoms. The van der Waals surface area contributed by atoms with Crippen molar-refractivity contribution in [3.05, 3.63) is 24.0 Å². The monoisotopic (exact) mass is 233 g/mol. The van der Waals surface area contributed by atoms with Gasteiger partial charge in [-0.15, -0.1) is 0 Å². The smallest absolute Gasteiger partial charge is 0.356 e. The second-order valence-corrected chi connectivity index (χ2v) is 3.87. The Morgan fingerprint density at radius 1 is 1.53 bits per heavy atom. The van der Waals surface area contributed by atoms with Gasteiger partial charge in [-0.25, -0.2) is 9.78 Å². The van der Waals surface area contributed by atoms with Crippen molar-refractivity contribution in [1.29, 1.82) is 0 Å². The first-order valence-electron chi connectivity index (χ1n) is 5.30. The minimum atomic E-state index is -0.438. The van der Waals surface area contributed by atoms with Gasteiger partial charge in [-0.05, 0) is 12.1 Å². The van der Waals surface area contributed by atoms with Crippen LogP contribution in [0.3, 0.4) is 0 Å². The lowest BCUT2D eigenvalue weighted by molar-refractivity contribution is -0.0266. The van der Waals surface area contributed by atoms with Crippen LogP contribution < -0.4 is 0 Å². The minimum absolute atomic E-state index is 0.276. The summed E-state index contributed by atoms with van der Waals surface area (Å²) in [6.07, 6.45) is 1.65. The Labute approximate surface area is 97.1 Å². The highest BCUT2D eigenvalue weighted by Crippen LogP contribution is 2.22. The number of fused-ring (bicyclic) bond motifs is 1. The fraction of sp³-hybridized carbons (Fsp3) is 0.364. The summed E-state index contributed by atoms with van der Waals surface area (Å²) >= 11 is 0. The first-order chi connectivity index (χ1) is 8.29. The minimum Gasteiger partial charge on any atom is -0.464 e. The Morgan fingerprint density at radius 3 is 3.00 bits per heavy atom. The second kappa shape index (κ2) is 3.81. The van der Waals surface area contributed by atoms with E-state index >= 15 is 0 Å². The predicted octanol–water partition coefficient (Wildman–Crippen LogP) is 0.789. The maximum atomic E-state index is 11.3. The van der Waals surface area contributed by atoms with Crippen LogP contribution in [-0.4, -0.2) is 41.1 Å². The lowest BCUT2D eigenvalue weighted by Gasteiger charge is -2.26. The van der Waals surface area contributed by atoms with E-state index in [1.165, 1.54) is 7.11 Å². The number of pyridine rings is 1. The summed E-state index contributed by atoms with van der Waals surface area (Å²) in [4.78, 5) is 15.5. The number of esters is 1. The van der Waals surface area contributed by atoms with Crippen molar-refractivity contribution in [3.8, 4) is 0 Å². The lowest BCUT2D eigenvalue weighted by atomic mass is 10.2. The molecule has 0 atom stereocenters. The SMILES string of the molecule is COC(=O)c1ccc2c(cnn2C2COC2)n1. The third-order valence-electron chi connectivity index (χ3n) is 2.81. The van der Waals surface area contributed by atoms with Gasteiger partial charge in [0.05, 0.1) is 38.1 Å². The van der Waals surface area contributed by atoms with E-state index in [0.29, 0.717) is 24.4 Å². The zero-order valence-electron chi connectivity index (χ0n) is 9.29. The molecule has 0 spiro atoms. The van der Waals surface area contributed by atoms with Gasteiger partial charge in [-0.2, -0.15) is 5.10 Å². The third kappa shape index (κ3) is 1.57. The molecule has 0 bridgehead atoms. The summed E-state index contributed by atoms with van der Waals surface area (Å²) in [6, 6.07) is 3.75. The molecule has 2 aromatic heterocycles. The predicted molar refractivity (Wildman–Crippen MR) is 58.7 cm³/mol. The van der Waals surface area contributed by atoms with Crippen LogP contribution in [-0.2, 0) is 9.47 Å². The molecule has 0 unspecified atom stereocenters. The topological polar surface area (TPSA) is 66.2 Å². The fourth-order valence-corrected chi connectivity index (χ4v) is 1.81. The van der Waals surface area contributed by atoms with E-state index in [-0.39, 0.29) is 6.04 Å². The lowest BCUT2D eigenvalue weighted by Crippen LogP contribution is -2.31. The number of ether oxygens (including phenoxy) is 2. The van der Waals surface area contributed by atoms with Crippen LogP contribution in [0.15, 0.2) is 18.3 Å². The van der Waals surface area contributed by atoms with Crippen LogP contribution >= 0.6 is 0 Å². The molecular weight excluding hydrogens is 222 g/mol. The summed E-state index contributed by atoms with van der Waals surface area (Å²) in [5.41, 5.74) is 1.90. The number of hydrogen-bond donors (Lipinski definition) is 0. The van der Waals surface area contributed by atoms with Crippen molar-refractivity contribution in [2.75, 3.05) is 20.3 Å². The summed E-state index contributed by atoms with van der Waals surface area (Å²) < 4.78 is 11.6. The van der Waals surface area contributed by atoms with E-state index in [2.05, 4.69) is 14.8 Å². The zero-order chi connectivity index (χ0) is 11.8. The number of aromatic nitrogens is 3. The van der Waals surface area contributed by atoms with Gasteiger partial charge in [-0.3, -0.25) is 4.68 Å². The van der Waals surface area contributed by atoms with Crippen LogP contribution in [0, 0.1) is 0 Å². The highest BCUT2D eigenvalue weighted by atomic mass is 16.5. The zero-order valence-corrected chi connectivity index (χ0v) is 9.29. The molecule has 2 aromatic rings. The van der Waals surface area contributed by atoms with E-state index in [9.17, 15) is 4.79 Å². The summed E-state index contributed by atoms with van der Waals surface area (Å²) in [5, 5.41) is 4.27. The molecular formula is C11H11N3O3. The van der Waals surface area contributed by atoms with E-state index < -0.39 is 5.97 Å². The normalized spacial score (nSPS) is 15.8. The van der Waals surface area contributed by atoms with Gasteiger partial charge in [0.2, 0.25) is 0 Å². The van der Waals surface area contributed by atoms with Crippen LogP contribution in [0.1, 0.15) is 16.5 Å². The molecule has 0 N–H and O–H groups in total. The van der Waals surface area contributed by atoms with Crippen LogP contribution in [0.25, 0.3) is 11.0 Å². The molecule has 3 rings (SSSR count). The van der Waals surface area contributed by atoms with Crippen molar-refractivity contribution in [2.45, 2.75) is 6.04 Å². The average Bonchev–Trinajstić information content (AvgIpc) is 2.69. The molecule has 0 aliphatic carbocycles. The standard InChI is InChI=1S/C11H11N3O3/c1-16-11(15)8-2-3-10-9(13-8)4-12-14(10)7-5-17-6-7/h2-4,7H,5-6H2,1H3. The Kier molecular flexibility index (Phi) is 2.29. The summed E-state index contributed by atoms with van der Waals surface area (Å²) in [7, 11) is 1.34. The Bertz CT molecular complexity index is 574. The van der Waals surface area contributed by atoms with Crippen molar-refractivity contribution in [3.63, 3.8) is 0 Å². The van der Waals surface area contributed by atoms with Crippen molar-refractivity contribution in [2.24, 2.45) is 0 Å². The molecule has 0 saturated carbocycles. The van der Waals surface area contributed by atoms with Gasteiger partial charge in [0, 0.05) is 0 Å². The van der Waals surface area contributed by atoms with Crippen LogP contribution in [0.4, 0.5) is 0 Å². The number of carbonyl (C=O) groups excluding carboxylic acids is 1. The third-order valence-corrected chi connectivity index (χ3v) is 2.81. The molecule has 1 saturated heterocycles. The maximum Gasteiger partial charge on any atom is 0.356 e. The van der Waals surface area contributed by atoms with Gasteiger partial charge in [0.25, 0.3) is 0 Å². The highest BCUT2D eigenvalue weighted by molar-refractivity contribution is 5.90. The molecule has 1 aliphatic heterocycles. The molecule has 0 aromatic carbocycles. The Hall–Kier alpha value is -1.95. The van der Waals surface area contributed by atoms with Crippen LogP contribution in [0.2, 0.25) is 0 Å². The Morgan fingerprint density at radius 2 is 2.35 bits per heavy atom. The second-order valence-electron chi connectivity index (χ2n) is 3.87. The molecule has 1 aliphatic rings. The van der Waals surface area contributed by atoms with Crippen molar-refractivity contribution in [1.82, 2.24) is 14.8 Å². The van der Waals surface area contributed by atoms with Gasteiger partial charge < -0.3 is 9.47 Å². The first kappa shape index (κ1) is 10.2.